The molecule has 0 radical (unpaired) electrons. The van der Waals surface area contributed by atoms with Crippen LogP contribution in [0.3, 0.4) is 0 Å². The number of anilines is 1. The van der Waals surface area contributed by atoms with Crippen molar-refractivity contribution in [3.8, 4) is 22.8 Å². The lowest BCUT2D eigenvalue weighted by molar-refractivity contribution is 0.373. The number of hydrogen-bond donors (Lipinski definition) is 2. The number of methoxy groups -OCH3 is 1. The Hall–Kier alpha value is -2.79. The van der Waals surface area contributed by atoms with Gasteiger partial charge in [0.05, 0.1) is 31.2 Å². The minimum absolute atomic E-state index is 0.0919. The van der Waals surface area contributed by atoms with Gasteiger partial charge in [0.15, 0.2) is 11.5 Å². The first-order valence-electron chi connectivity index (χ1n) is 8.82. The summed E-state index contributed by atoms with van der Waals surface area (Å²) in [4.78, 5) is 8.99. The van der Waals surface area contributed by atoms with Gasteiger partial charge in [-0.3, -0.25) is 4.98 Å². The van der Waals surface area contributed by atoms with Crippen LogP contribution in [0.1, 0.15) is 31.4 Å². The van der Waals surface area contributed by atoms with Crippen LogP contribution in [0.5, 0.6) is 11.5 Å². The largest absolute Gasteiger partial charge is 0.504 e. The number of nitrogens with zero attached hydrogens (tertiary/aromatic N) is 2. The molecule has 2 N–H and O–H groups in total. The van der Waals surface area contributed by atoms with E-state index in [9.17, 15) is 5.11 Å². The number of nitrogens with one attached hydrogen (secondary N) is 1. The van der Waals surface area contributed by atoms with Gasteiger partial charge in [-0.25, -0.2) is 4.98 Å². The van der Waals surface area contributed by atoms with Gasteiger partial charge < -0.3 is 15.2 Å². The highest BCUT2D eigenvalue weighted by molar-refractivity contribution is 6.30. The first-order chi connectivity index (χ1) is 13.1. The Balaban J connectivity index is 1.86. The number of aromatic nitrogens is 2. The maximum Gasteiger partial charge on any atom is 0.161 e. The van der Waals surface area contributed by atoms with E-state index >= 15 is 0 Å². The van der Waals surface area contributed by atoms with Crippen LogP contribution in [0.25, 0.3) is 11.3 Å². The van der Waals surface area contributed by atoms with Crippen molar-refractivity contribution < 1.29 is 9.84 Å². The van der Waals surface area contributed by atoms with Gasteiger partial charge in [-0.2, -0.15) is 0 Å². The number of aromatic hydroxyl groups is 1. The lowest BCUT2D eigenvalue weighted by atomic mass is 10.0. The van der Waals surface area contributed by atoms with Crippen molar-refractivity contribution in [1.82, 2.24) is 9.97 Å². The zero-order valence-corrected chi connectivity index (χ0v) is 16.1. The number of phenolic OH excluding ortho intramolecular Hbond substituents is 1. The van der Waals surface area contributed by atoms with E-state index in [1.54, 1.807) is 30.6 Å². The van der Waals surface area contributed by atoms with Crippen LogP contribution >= 0.6 is 11.6 Å². The van der Waals surface area contributed by atoms with Crippen LogP contribution in [-0.2, 0) is 0 Å². The molecule has 0 amide bonds. The van der Waals surface area contributed by atoms with Crippen molar-refractivity contribution in [2.75, 3.05) is 12.4 Å². The molecule has 140 valence electrons. The fourth-order valence-electron chi connectivity index (χ4n) is 2.90. The van der Waals surface area contributed by atoms with E-state index in [0.717, 1.165) is 29.0 Å². The zero-order valence-electron chi connectivity index (χ0n) is 15.3. The third-order valence-electron chi connectivity index (χ3n) is 4.28. The Kier molecular flexibility index (Phi) is 6.14. The summed E-state index contributed by atoms with van der Waals surface area (Å²) in [6, 6.07) is 13.1. The highest BCUT2D eigenvalue weighted by atomic mass is 35.5. The molecule has 0 fully saturated rings. The number of halogens is 1. The Morgan fingerprint density at radius 1 is 1.15 bits per heavy atom. The minimum Gasteiger partial charge on any atom is -0.504 e. The molecule has 0 aliphatic rings. The summed E-state index contributed by atoms with van der Waals surface area (Å²) in [5, 5.41) is 14.0. The van der Waals surface area contributed by atoms with Gasteiger partial charge in [0.2, 0.25) is 0 Å². The summed E-state index contributed by atoms with van der Waals surface area (Å²) in [6.45, 7) is 2.15. The van der Waals surface area contributed by atoms with E-state index < -0.39 is 0 Å². The predicted molar refractivity (Wildman–Crippen MR) is 108 cm³/mol. The molecular weight excluding hydrogens is 362 g/mol. The molecule has 0 saturated carbocycles. The highest BCUT2D eigenvalue weighted by Gasteiger charge is 2.13. The molecular formula is C21H22ClN3O2. The Labute approximate surface area is 164 Å². The SMILES string of the molecule is CCC[C@@H](Nc1cncc(-c2ccc(O)c(OC)c2)n1)c1ccc(Cl)cc1. The first kappa shape index (κ1) is 19.0. The summed E-state index contributed by atoms with van der Waals surface area (Å²) >= 11 is 6.01. The molecule has 0 aliphatic heterocycles. The Bertz CT molecular complexity index is 900. The average Bonchev–Trinajstić information content (AvgIpc) is 2.69. The van der Waals surface area contributed by atoms with Crippen LogP contribution in [-0.4, -0.2) is 22.2 Å². The Morgan fingerprint density at radius 3 is 2.63 bits per heavy atom. The molecule has 5 nitrogen and oxygen atoms in total. The molecule has 1 heterocycles. The number of hydrogen-bond acceptors (Lipinski definition) is 5. The molecule has 0 unspecified atom stereocenters. The maximum atomic E-state index is 9.78. The molecule has 0 bridgehead atoms. The van der Waals surface area contributed by atoms with Gasteiger partial charge in [0.1, 0.15) is 5.82 Å². The summed E-state index contributed by atoms with van der Waals surface area (Å²) in [5.41, 5.74) is 2.67. The van der Waals surface area contributed by atoms with Gasteiger partial charge >= 0.3 is 0 Å². The van der Waals surface area contributed by atoms with Crippen LogP contribution in [0.2, 0.25) is 5.02 Å². The van der Waals surface area contributed by atoms with Crippen LogP contribution in [0, 0.1) is 0 Å². The van der Waals surface area contributed by atoms with Crippen LogP contribution < -0.4 is 10.1 Å². The quantitative estimate of drug-likeness (QED) is 0.566. The van der Waals surface area contributed by atoms with Crippen molar-refractivity contribution in [3.63, 3.8) is 0 Å². The fraction of sp³-hybridized carbons (Fsp3) is 0.238. The minimum atomic E-state index is 0.0919. The van der Waals surface area contributed by atoms with Crippen molar-refractivity contribution >= 4 is 17.4 Å². The standard InChI is InChI=1S/C21H22ClN3O2/c1-3-4-17(14-5-8-16(22)9-6-14)24-21-13-23-12-18(25-21)15-7-10-19(26)20(11-15)27-2/h5-13,17,26H,3-4H2,1-2H3,(H,24,25)/t17-/m1/s1. The third-order valence-corrected chi connectivity index (χ3v) is 4.53. The van der Waals surface area contributed by atoms with Gasteiger partial charge in [-0.15, -0.1) is 0 Å². The van der Waals surface area contributed by atoms with E-state index in [4.69, 9.17) is 16.3 Å². The predicted octanol–water partition coefficient (Wildman–Crippen LogP) is 5.46. The van der Waals surface area contributed by atoms with Gasteiger partial charge in [0, 0.05) is 10.6 Å². The summed E-state index contributed by atoms with van der Waals surface area (Å²) in [5.74, 6) is 1.18. The van der Waals surface area contributed by atoms with Crippen molar-refractivity contribution in [1.29, 1.82) is 0 Å². The smallest absolute Gasteiger partial charge is 0.161 e. The van der Waals surface area contributed by atoms with E-state index in [1.165, 1.54) is 7.11 Å². The van der Waals surface area contributed by atoms with Crippen LogP contribution in [0.4, 0.5) is 5.82 Å². The second-order valence-electron chi connectivity index (χ2n) is 6.21. The molecule has 1 aromatic heterocycles. The average molecular weight is 384 g/mol. The molecule has 3 rings (SSSR count). The van der Waals surface area contributed by atoms with Crippen molar-refractivity contribution in [3.05, 3.63) is 65.4 Å². The highest BCUT2D eigenvalue weighted by Crippen LogP contribution is 2.31. The topological polar surface area (TPSA) is 67.3 Å². The number of phenols is 1. The van der Waals surface area contributed by atoms with Gasteiger partial charge in [-0.05, 0) is 42.3 Å². The second-order valence-corrected chi connectivity index (χ2v) is 6.65. The molecule has 1 atom stereocenters. The summed E-state index contributed by atoms with van der Waals surface area (Å²) in [7, 11) is 1.52. The number of rotatable bonds is 7. The van der Waals surface area contributed by atoms with E-state index in [-0.39, 0.29) is 11.8 Å². The van der Waals surface area contributed by atoms with E-state index in [1.807, 2.05) is 24.3 Å². The molecule has 3 aromatic rings. The van der Waals surface area contributed by atoms with Gasteiger partial charge in [0.25, 0.3) is 0 Å². The molecule has 0 spiro atoms. The number of ether oxygens (including phenoxy) is 1. The molecule has 2 aromatic carbocycles. The van der Waals surface area contributed by atoms with Crippen molar-refractivity contribution in [2.24, 2.45) is 0 Å². The third kappa shape index (κ3) is 4.68. The molecule has 27 heavy (non-hydrogen) atoms. The van der Waals surface area contributed by atoms with E-state index in [0.29, 0.717) is 17.3 Å². The lowest BCUT2D eigenvalue weighted by Crippen LogP contribution is -2.12. The fourth-order valence-corrected chi connectivity index (χ4v) is 3.02. The van der Waals surface area contributed by atoms with Crippen LogP contribution in [0.15, 0.2) is 54.9 Å². The van der Waals surface area contributed by atoms with Crippen molar-refractivity contribution in [2.45, 2.75) is 25.8 Å². The molecule has 0 saturated heterocycles. The molecule has 6 heteroatoms. The summed E-state index contributed by atoms with van der Waals surface area (Å²) in [6.07, 6.45) is 5.39. The number of benzene rings is 2. The zero-order chi connectivity index (χ0) is 19.2. The molecule has 0 aliphatic carbocycles. The van der Waals surface area contributed by atoms with E-state index in [2.05, 4.69) is 22.2 Å². The Morgan fingerprint density at radius 2 is 1.93 bits per heavy atom. The summed E-state index contributed by atoms with van der Waals surface area (Å²) < 4.78 is 5.18. The lowest BCUT2D eigenvalue weighted by Gasteiger charge is -2.19. The monoisotopic (exact) mass is 383 g/mol. The van der Waals surface area contributed by atoms with Gasteiger partial charge in [-0.1, -0.05) is 37.1 Å². The maximum absolute atomic E-state index is 9.78. The first-order valence-corrected chi connectivity index (χ1v) is 9.20. The second kappa shape index (κ2) is 8.73. The normalized spacial score (nSPS) is 11.8.